The number of aromatic nitrogens is 4. The first kappa shape index (κ1) is 11.0. The Morgan fingerprint density at radius 2 is 2.31 bits per heavy atom. The Bertz CT molecular complexity index is 471. The molecule has 16 heavy (non-hydrogen) atoms. The average molecular weight is 239 g/mol. The van der Waals surface area contributed by atoms with Crippen molar-refractivity contribution in [1.82, 2.24) is 20.0 Å². The van der Waals surface area contributed by atoms with E-state index in [0.29, 0.717) is 18.0 Å². The zero-order chi connectivity index (χ0) is 11.4. The molecule has 0 bridgehead atoms. The second-order valence-electron chi connectivity index (χ2n) is 3.35. The van der Waals surface area contributed by atoms with E-state index >= 15 is 0 Å². The van der Waals surface area contributed by atoms with Crippen LogP contribution in [0.4, 0.5) is 0 Å². The summed E-state index contributed by atoms with van der Waals surface area (Å²) in [6, 6.07) is 1.84. The molecule has 5 nitrogen and oxygen atoms in total. The van der Waals surface area contributed by atoms with Crippen LogP contribution in [0.3, 0.4) is 0 Å². The van der Waals surface area contributed by atoms with E-state index in [9.17, 15) is 0 Å². The van der Waals surface area contributed by atoms with Gasteiger partial charge >= 0.3 is 0 Å². The van der Waals surface area contributed by atoms with Crippen molar-refractivity contribution in [3.05, 3.63) is 40.9 Å². The molecule has 0 fully saturated rings. The van der Waals surface area contributed by atoms with Crippen molar-refractivity contribution in [1.29, 1.82) is 0 Å². The van der Waals surface area contributed by atoms with Crippen LogP contribution in [0.25, 0.3) is 0 Å². The molecule has 0 aliphatic rings. The molecule has 2 aromatic rings. The maximum Gasteiger partial charge on any atom is 0.0850 e. The highest BCUT2D eigenvalue weighted by Crippen LogP contribution is 2.14. The van der Waals surface area contributed by atoms with Gasteiger partial charge in [-0.1, -0.05) is 16.8 Å². The van der Waals surface area contributed by atoms with Crippen LogP contribution in [0.1, 0.15) is 11.3 Å². The predicted octanol–water partition coefficient (Wildman–Crippen LogP) is 0.910. The molecule has 84 valence electrons. The van der Waals surface area contributed by atoms with E-state index in [-0.39, 0.29) is 6.61 Å². The molecule has 0 saturated carbocycles. The number of hydrogen-bond donors (Lipinski definition) is 1. The van der Waals surface area contributed by atoms with Gasteiger partial charge in [0.15, 0.2) is 0 Å². The summed E-state index contributed by atoms with van der Waals surface area (Å²) < 4.78 is 1.69. The summed E-state index contributed by atoms with van der Waals surface area (Å²) in [6.07, 6.45) is 5.60. The van der Waals surface area contributed by atoms with Gasteiger partial charge in [-0.2, -0.15) is 0 Å². The molecular formula is C10H11ClN4O. The number of hydrogen-bond acceptors (Lipinski definition) is 4. The van der Waals surface area contributed by atoms with Gasteiger partial charge in [0, 0.05) is 31.6 Å². The fraction of sp³-hybridized carbons (Fsp3) is 0.300. The van der Waals surface area contributed by atoms with Crippen molar-refractivity contribution in [2.24, 2.45) is 0 Å². The van der Waals surface area contributed by atoms with Gasteiger partial charge in [0.2, 0.25) is 0 Å². The Morgan fingerprint density at radius 3 is 3.06 bits per heavy atom. The Balaban J connectivity index is 2.11. The Morgan fingerprint density at radius 1 is 1.44 bits per heavy atom. The lowest BCUT2D eigenvalue weighted by Crippen LogP contribution is -2.01. The van der Waals surface area contributed by atoms with Crippen LogP contribution in [-0.2, 0) is 13.0 Å². The molecule has 0 atom stereocenters. The minimum Gasteiger partial charge on any atom is -0.396 e. The van der Waals surface area contributed by atoms with Crippen molar-refractivity contribution >= 4 is 11.6 Å². The van der Waals surface area contributed by atoms with Crippen LogP contribution < -0.4 is 0 Å². The average Bonchev–Trinajstić information content (AvgIpc) is 2.70. The lowest BCUT2D eigenvalue weighted by atomic mass is 10.3. The molecule has 0 radical (unpaired) electrons. The summed E-state index contributed by atoms with van der Waals surface area (Å²) in [6.45, 7) is 0.633. The van der Waals surface area contributed by atoms with Crippen molar-refractivity contribution in [3.8, 4) is 0 Å². The van der Waals surface area contributed by atoms with Crippen molar-refractivity contribution in [2.75, 3.05) is 6.61 Å². The molecule has 0 amide bonds. The molecule has 0 aliphatic carbocycles. The van der Waals surface area contributed by atoms with Crippen LogP contribution >= 0.6 is 11.6 Å². The summed E-state index contributed by atoms with van der Waals surface area (Å²) in [5.41, 5.74) is 1.71. The third-order valence-electron chi connectivity index (χ3n) is 2.14. The lowest BCUT2D eigenvalue weighted by Gasteiger charge is -2.02. The number of pyridine rings is 1. The molecule has 0 spiro atoms. The van der Waals surface area contributed by atoms with Gasteiger partial charge in [0.25, 0.3) is 0 Å². The van der Waals surface area contributed by atoms with Crippen LogP contribution in [0.5, 0.6) is 0 Å². The van der Waals surface area contributed by atoms with Crippen LogP contribution in [0.2, 0.25) is 5.02 Å². The normalized spacial score (nSPS) is 10.6. The molecular weight excluding hydrogens is 228 g/mol. The second kappa shape index (κ2) is 5.05. The van der Waals surface area contributed by atoms with E-state index in [1.165, 1.54) is 0 Å². The van der Waals surface area contributed by atoms with Gasteiger partial charge in [-0.25, -0.2) is 4.68 Å². The first-order valence-corrected chi connectivity index (χ1v) is 5.25. The predicted molar refractivity (Wildman–Crippen MR) is 59.2 cm³/mol. The number of rotatable bonds is 4. The lowest BCUT2D eigenvalue weighted by molar-refractivity contribution is 0.298. The van der Waals surface area contributed by atoms with Crippen molar-refractivity contribution in [3.63, 3.8) is 0 Å². The molecule has 0 aliphatic heterocycles. The van der Waals surface area contributed by atoms with Crippen molar-refractivity contribution < 1.29 is 5.11 Å². The zero-order valence-electron chi connectivity index (χ0n) is 8.54. The van der Waals surface area contributed by atoms with E-state index in [2.05, 4.69) is 15.3 Å². The van der Waals surface area contributed by atoms with Gasteiger partial charge < -0.3 is 5.11 Å². The monoisotopic (exact) mass is 238 g/mol. The Hall–Kier alpha value is -1.46. The maximum absolute atomic E-state index is 8.76. The molecule has 0 aromatic carbocycles. The van der Waals surface area contributed by atoms with Gasteiger partial charge in [0.1, 0.15) is 0 Å². The summed E-state index contributed by atoms with van der Waals surface area (Å²) in [5.74, 6) is 0. The molecule has 6 heteroatoms. The number of halogens is 1. The first-order chi connectivity index (χ1) is 7.79. The van der Waals surface area contributed by atoms with E-state index < -0.39 is 0 Å². The first-order valence-electron chi connectivity index (χ1n) is 4.88. The minimum absolute atomic E-state index is 0.0781. The smallest absolute Gasteiger partial charge is 0.0850 e. The second-order valence-corrected chi connectivity index (χ2v) is 3.76. The molecule has 2 aromatic heterocycles. The SMILES string of the molecule is OCCc1cn(Cc2ccncc2Cl)nn1. The molecule has 1 N–H and O–H groups in total. The Kier molecular flexibility index (Phi) is 3.48. The maximum atomic E-state index is 8.76. The highest BCUT2D eigenvalue weighted by molar-refractivity contribution is 6.31. The molecule has 2 rings (SSSR count). The van der Waals surface area contributed by atoms with Crippen LogP contribution in [-0.4, -0.2) is 31.7 Å². The molecule has 2 heterocycles. The molecule has 0 saturated heterocycles. The van der Waals surface area contributed by atoms with E-state index in [4.69, 9.17) is 16.7 Å². The summed E-state index contributed by atoms with van der Waals surface area (Å²) >= 11 is 5.98. The Labute approximate surface area is 97.7 Å². The van der Waals surface area contributed by atoms with E-state index in [0.717, 1.165) is 11.3 Å². The third kappa shape index (κ3) is 2.56. The molecule has 0 unspecified atom stereocenters. The highest BCUT2D eigenvalue weighted by Gasteiger charge is 2.03. The quantitative estimate of drug-likeness (QED) is 0.860. The summed E-state index contributed by atoms with van der Waals surface area (Å²) in [5, 5.41) is 17.2. The fourth-order valence-corrected chi connectivity index (χ4v) is 1.53. The van der Waals surface area contributed by atoms with E-state index in [1.54, 1.807) is 23.3 Å². The van der Waals surface area contributed by atoms with Gasteiger partial charge in [0.05, 0.1) is 17.3 Å². The summed E-state index contributed by atoms with van der Waals surface area (Å²) in [7, 11) is 0. The van der Waals surface area contributed by atoms with Crippen LogP contribution in [0.15, 0.2) is 24.7 Å². The zero-order valence-corrected chi connectivity index (χ0v) is 9.30. The fourth-order valence-electron chi connectivity index (χ4n) is 1.35. The highest BCUT2D eigenvalue weighted by atomic mass is 35.5. The standard InChI is InChI=1S/C10H11ClN4O/c11-10-5-12-3-1-8(10)6-15-7-9(2-4-16)13-14-15/h1,3,5,7,16H,2,4,6H2. The minimum atomic E-state index is 0.0781. The topological polar surface area (TPSA) is 63.8 Å². The van der Waals surface area contributed by atoms with E-state index in [1.807, 2.05) is 6.07 Å². The largest absolute Gasteiger partial charge is 0.396 e. The van der Waals surface area contributed by atoms with Gasteiger partial charge in [-0.05, 0) is 11.6 Å². The third-order valence-corrected chi connectivity index (χ3v) is 2.48. The number of aliphatic hydroxyl groups excluding tert-OH is 1. The van der Waals surface area contributed by atoms with Crippen molar-refractivity contribution in [2.45, 2.75) is 13.0 Å². The van der Waals surface area contributed by atoms with Gasteiger partial charge in [-0.15, -0.1) is 5.10 Å². The summed E-state index contributed by atoms with van der Waals surface area (Å²) in [4.78, 5) is 3.91. The number of aliphatic hydroxyl groups is 1. The number of nitrogens with zero attached hydrogens (tertiary/aromatic N) is 4. The van der Waals surface area contributed by atoms with Gasteiger partial charge in [-0.3, -0.25) is 4.98 Å². The van der Waals surface area contributed by atoms with Crippen LogP contribution in [0, 0.1) is 0 Å².